The third-order valence-corrected chi connectivity index (χ3v) is 8.65. The van der Waals surface area contributed by atoms with Gasteiger partial charge in [-0.2, -0.15) is 4.31 Å². The molecule has 7 heteroatoms. The molecular formula is C25H27ClN3O2S+. The maximum atomic E-state index is 12.9. The van der Waals surface area contributed by atoms with E-state index in [4.69, 9.17) is 11.6 Å². The van der Waals surface area contributed by atoms with Gasteiger partial charge in [-0.25, -0.2) is 8.42 Å². The number of hydrogen-bond donors (Lipinski definition) is 1. The summed E-state index contributed by atoms with van der Waals surface area (Å²) in [5.74, 6) is 0. The van der Waals surface area contributed by atoms with Crippen molar-refractivity contribution in [2.75, 3.05) is 26.2 Å². The molecule has 166 valence electrons. The number of quaternary nitrogens is 1. The van der Waals surface area contributed by atoms with E-state index in [9.17, 15) is 8.42 Å². The fourth-order valence-corrected chi connectivity index (χ4v) is 6.38. The van der Waals surface area contributed by atoms with Crippen molar-refractivity contribution in [3.63, 3.8) is 0 Å². The van der Waals surface area contributed by atoms with Crippen LogP contribution in [0.5, 0.6) is 0 Å². The summed E-state index contributed by atoms with van der Waals surface area (Å²) in [7, 11) is -3.47. The predicted octanol–water partition coefficient (Wildman–Crippen LogP) is 3.56. The Morgan fingerprint density at radius 3 is 2.31 bits per heavy atom. The number of sulfonamides is 1. The summed E-state index contributed by atoms with van der Waals surface area (Å²) in [5.41, 5.74) is 3.84. The number of rotatable bonds is 5. The summed E-state index contributed by atoms with van der Waals surface area (Å²) in [5, 5.41) is 3.13. The lowest BCUT2D eigenvalue weighted by Crippen LogP contribution is -3.13. The minimum absolute atomic E-state index is 0.308. The van der Waals surface area contributed by atoms with E-state index in [2.05, 4.69) is 54.0 Å². The quantitative estimate of drug-likeness (QED) is 0.487. The Labute approximate surface area is 193 Å². The molecule has 1 aliphatic heterocycles. The maximum absolute atomic E-state index is 12.9. The van der Waals surface area contributed by atoms with E-state index in [0.29, 0.717) is 23.0 Å². The Bertz CT molecular complexity index is 1370. The van der Waals surface area contributed by atoms with Crippen LogP contribution in [0, 0.1) is 0 Å². The molecule has 0 unspecified atom stereocenters. The van der Waals surface area contributed by atoms with E-state index in [1.165, 1.54) is 32.3 Å². The molecule has 0 spiro atoms. The van der Waals surface area contributed by atoms with Crippen LogP contribution in [0.15, 0.2) is 71.6 Å². The van der Waals surface area contributed by atoms with E-state index in [0.717, 1.165) is 26.2 Å². The second kappa shape index (κ2) is 8.52. The number of nitrogens with one attached hydrogen (secondary N) is 1. The summed E-state index contributed by atoms with van der Waals surface area (Å²) in [6.07, 6.45) is 0. The first-order chi connectivity index (χ1) is 15.5. The average molecular weight is 469 g/mol. The lowest BCUT2D eigenvalue weighted by atomic mass is 10.1. The molecule has 0 radical (unpaired) electrons. The molecule has 32 heavy (non-hydrogen) atoms. The number of aromatic nitrogens is 1. The fraction of sp³-hybridized carbons (Fsp3) is 0.280. The number of para-hydroxylation sites is 1. The van der Waals surface area contributed by atoms with E-state index >= 15 is 0 Å². The molecule has 0 saturated carbocycles. The molecule has 0 amide bonds. The van der Waals surface area contributed by atoms with Crippen molar-refractivity contribution in [3.05, 3.63) is 77.3 Å². The highest BCUT2D eigenvalue weighted by atomic mass is 35.5. The van der Waals surface area contributed by atoms with Gasteiger partial charge >= 0.3 is 0 Å². The first-order valence-electron chi connectivity index (χ1n) is 11.1. The average Bonchev–Trinajstić information content (AvgIpc) is 3.13. The molecule has 0 atom stereocenters. The van der Waals surface area contributed by atoms with E-state index in [1.807, 2.05) is 0 Å². The number of hydrogen-bond acceptors (Lipinski definition) is 2. The van der Waals surface area contributed by atoms with Gasteiger partial charge in [-0.3, -0.25) is 0 Å². The molecule has 1 aromatic heterocycles. The third-order valence-electron chi connectivity index (χ3n) is 6.49. The number of aryl methyl sites for hydroxylation is 1. The minimum atomic E-state index is -3.47. The van der Waals surface area contributed by atoms with Crippen LogP contribution < -0.4 is 4.90 Å². The Kier molecular flexibility index (Phi) is 5.72. The van der Waals surface area contributed by atoms with Crippen LogP contribution in [0.4, 0.5) is 0 Å². The van der Waals surface area contributed by atoms with E-state index < -0.39 is 10.0 Å². The van der Waals surface area contributed by atoms with Crippen LogP contribution in [-0.4, -0.2) is 43.5 Å². The number of benzene rings is 3. The predicted molar refractivity (Wildman–Crippen MR) is 130 cm³/mol. The number of fused-ring (bicyclic) bond motifs is 3. The van der Waals surface area contributed by atoms with Gasteiger partial charge in [-0.15, -0.1) is 0 Å². The SMILES string of the molecule is CCn1c2ccccc2c2cc(C[NH+]3CCN(S(=O)(=O)c4ccc(Cl)cc4)CC3)ccc21. The molecule has 4 aromatic rings. The van der Waals surface area contributed by atoms with Gasteiger partial charge < -0.3 is 9.47 Å². The first kappa shape index (κ1) is 21.5. The summed E-state index contributed by atoms with van der Waals surface area (Å²) in [4.78, 5) is 1.72. The molecule has 5 nitrogen and oxygen atoms in total. The monoisotopic (exact) mass is 468 g/mol. The van der Waals surface area contributed by atoms with Gasteiger partial charge in [0.25, 0.3) is 0 Å². The zero-order valence-corrected chi connectivity index (χ0v) is 19.7. The van der Waals surface area contributed by atoms with Crippen molar-refractivity contribution in [3.8, 4) is 0 Å². The highest BCUT2D eigenvalue weighted by molar-refractivity contribution is 7.89. The van der Waals surface area contributed by atoms with Gasteiger partial charge in [-0.05, 0) is 49.4 Å². The summed E-state index contributed by atoms with van der Waals surface area (Å²) in [6, 6.07) is 21.8. The fourth-order valence-electron chi connectivity index (χ4n) is 4.82. The van der Waals surface area contributed by atoms with Gasteiger partial charge in [0, 0.05) is 38.9 Å². The zero-order valence-electron chi connectivity index (χ0n) is 18.1. The molecule has 1 saturated heterocycles. The second-order valence-electron chi connectivity index (χ2n) is 8.40. The lowest BCUT2D eigenvalue weighted by Gasteiger charge is -2.31. The summed E-state index contributed by atoms with van der Waals surface area (Å²) in [6.45, 7) is 6.66. The van der Waals surface area contributed by atoms with Gasteiger partial charge in [0.15, 0.2) is 0 Å². The molecular weight excluding hydrogens is 442 g/mol. The van der Waals surface area contributed by atoms with Crippen molar-refractivity contribution in [1.82, 2.24) is 8.87 Å². The molecule has 1 N–H and O–H groups in total. The van der Waals surface area contributed by atoms with Crippen molar-refractivity contribution < 1.29 is 13.3 Å². The number of piperazine rings is 1. The molecule has 1 fully saturated rings. The smallest absolute Gasteiger partial charge is 0.243 e. The van der Waals surface area contributed by atoms with Crippen molar-refractivity contribution in [2.24, 2.45) is 0 Å². The highest BCUT2D eigenvalue weighted by Gasteiger charge is 2.30. The Morgan fingerprint density at radius 2 is 1.59 bits per heavy atom. The van der Waals surface area contributed by atoms with Crippen LogP contribution >= 0.6 is 11.6 Å². The van der Waals surface area contributed by atoms with Crippen LogP contribution in [0.3, 0.4) is 0 Å². The molecule has 2 heterocycles. The lowest BCUT2D eigenvalue weighted by molar-refractivity contribution is -0.917. The largest absolute Gasteiger partial charge is 0.341 e. The summed E-state index contributed by atoms with van der Waals surface area (Å²) >= 11 is 5.91. The Balaban J connectivity index is 1.32. The van der Waals surface area contributed by atoms with Crippen LogP contribution in [-0.2, 0) is 23.1 Å². The van der Waals surface area contributed by atoms with Gasteiger partial charge in [0.2, 0.25) is 10.0 Å². The van der Waals surface area contributed by atoms with Gasteiger partial charge in [0.1, 0.15) is 6.54 Å². The van der Waals surface area contributed by atoms with Gasteiger partial charge in [0.05, 0.1) is 31.1 Å². The molecule has 5 rings (SSSR count). The van der Waals surface area contributed by atoms with E-state index in [-0.39, 0.29) is 0 Å². The van der Waals surface area contributed by atoms with E-state index in [1.54, 1.807) is 28.6 Å². The van der Waals surface area contributed by atoms with Gasteiger partial charge in [-0.1, -0.05) is 35.9 Å². The van der Waals surface area contributed by atoms with Crippen molar-refractivity contribution >= 4 is 43.4 Å². The molecule has 0 bridgehead atoms. The van der Waals surface area contributed by atoms with Crippen molar-refractivity contribution in [1.29, 1.82) is 0 Å². The standard InChI is InChI=1S/C25H26ClN3O2S/c1-2-29-24-6-4-3-5-22(24)23-17-19(7-12-25(23)29)18-27-13-15-28(16-14-27)32(30,31)21-10-8-20(26)9-11-21/h3-12,17H,2,13-16,18H2,1H3/p+1. The molecule has 0 aliphatic carbocycles. The third kappa shape index (κ3) is 3.82. The van der Waals surface area contributed by atoms with Crippen LogP contribution in [0.1, 0.15) is 12.5 Å². The minimum Gasteiger partial charge on any atom is -0.341 e. The van der Waals surface area contributed by atoms with Crippen molar-refractivity contribution in [2.45, 2.75) is 24.9 Å². The topological polar surface area (TPSA) is 46.8 Å². The maximum Gasteiger partial charge on any atom is 0.243 e. The molecule has 3 aromatic carbocycles. The van der Waals surface area contributed by atoms with Crippen LogP contribution in [0.25, 0.3) is 21.8 Å². The zero-order chi connectivity index (χ0) is 22.3. The first-order valence-corrected chi connectivity index (χ1v) is 12.9. The number of halogens is 1. The summed E-state index contributed by atoms with van der Waals surface area (Å²) < 4.78 is 29.8. The Morgan fingerprint density at radius 1 is 0.906 bits per heavy atom. The van der Waals surface area contributed by atoms with Crippen LogP contribution in [0.2, 0.25) is 5.02 Å². The Hall–Kier alpha value is -2.38. The number of nitrogens with zero attached hydrogens (tertiary/aromatic N) is 2. The normalized spacial score (nSPS) is 16.2. The molecule has 1 aliphatic rings. The second-order valence-corrected chi connectivity index (χ2v) is 10.8. The highest BCUT2D eigenvalue weighted by Crippen LogP contribution is 2.29.